The van der Waals surface area contributed by atoms with Gasteiger partial charge in [-0.2, -0.15) is 0 Å². The molecule has 0 spiro atoms. The lowest BCUT2D eigenvalue weighted by Crippen LogP contribution is -2.28. The van der Waals surface area contributed by atoms with Gasteiger partial charge in [-0.1, -0.05) is 6.07 Å². The topological polar surface area (TPSA) is 60.1 Å². The molecule has 0 saturated carbocycles. The second-order valence-corrected chi connectivity index (χ2v) is 5.62. The van der Waals surface area contributed by atoms with Crippen molar-refractivity contribution < 1.29 is 9.21 Å². The third kappa shape index (κ3) is 2.58. The molecule has 0 aliphatic heterocycles. The van der Waals surface area contributed by atoms with Crippen molar-refractivity contribution in [3.8, 4) is 0 Å². The Hall–Kier alpha value is -2.08. The predicted octanol–water partition coefficient (Wildman–Crippen LogP) is 3.42. The number of rotatable bonds is 3. The van der Waals surface area contributed by atoms with Crippen LogP contribution in [0.15, 0.2) is 45.6 Å². The molecule has 6 heteroatoms. The summed E-state index contributed by atoms with van der Waals surface area (Å²) in [4.78, 5) is 16.6. The molecular formula is C15H14BrN3O2. The molecule has 1 N–H and O–H groups in total. The Bertz CT molecular complexity index is 792. The van der Waals surface area contributed by atoms with Gasteiger partial charge in [0.1, 0.15) is 5.69 Å². The van der Waals surface area contributed by atoms with Crippen LogP contribution in [0.5, 0.6) is 0 Å². The quantitative estimate of drug-likeness (QED) is 0.789. The first-order chi connectivity index (χ1) is 10.1. The lowest BCUT2D eigenvalue weighted by Gasteiger charge is -2.13. The van der Waals surface area contributed by atoms with E-state index in [4.69, 9.17) is 4.42 Å². The van der Waals surface area contributed by atoms with Crippen molar-refractivity contribution in [1.29, 1.82) is 0 Å². The van der Waals surface area contributed by atoms with Crippen LogP contribution in [0.2, 0.25) is 0 Å². The van der Waals surface area contributed by atoms with Crippen molar-refractivity contribution in [1.82, 2.24) is 14.9 Å². The summed E-state index contributed by atoms with van der Waals surface area (Å²) in [6.45, 7) is 1.91. The number of amides is 1. The van der Waals surface area contributed by atoms with Gasteiger partial charge in [0.05, 0.1) is 17.3 Å². The zero-order valence-electron chi connectivity index (χ0n) is 11.6. The van der Waals surface area contributed by atoms with E-state index in [-0.39, 0.29) is 11.9 Å². The summed E-state index contributed by atoms with van der Waals surface area (Å²) in [5, 5.41) is 2.94. The zero-order valence-corrected chi connectivity index (χ0v) is 13.2. The number of furan rings is 1. The molecule has 1 atom stereocenters. The monoisotopic (exact) mass is 347 g/mol. The van der Waals surface area contributed by atoms with E-state index in [0.29, 0.717) is 15.9 Å². The second-order valence-electron chi connectivity index (χ2n) is 4.84. The lowest BCUT2D eigenvalue weighted by molar-refractivity contribution is 0.0931. The number of carbonyl (C=O) groups excluding carboxylic acids is 1. The van der Waals surface area contributed by atoms with Crippen LogP contribution in [0.25, 0.3) is 11.1 Å². The van der Waals surface area contributed by atoms with Crippen LogP contribution in [0, 0.1) is 0 Å². The Balaban J connectivity index is 1.84. The summed E-state index contributed by atoms with van der Waals surface area (Å²) in [7, 11) is 1.84. The normalized spacial score (nSPS) is 12.5. The molecule has 0 aliphatic rings. The molecule has 108 valence electrons. The number of nitrogens with one attached hydrogen (secondary N) is 1. The van der Waals surface area contributed by atoms with E-state index in [1.54, 1.807) is 12.3 Å². The zero-order chi connectivity index (χ0) is 15.0. The minimum atomic E-state index is -0.161. The molecule has 3 aromatic heterocycles. The smallest absolute Gasteiger partial charge is 0.268 e. The van der Waals surface area contributed by atoms with Crippen molar-refractivity contribution in [3.05, 3.63) is 52.6 Å². The van der Waals surface area contributed by atoms with Gasteiger partial charge in [-0.15, -0.1) is 0 Å². The van der Waals surface area contributed by atoms with Crippen molar-refractivity contribution in [3.63, 3.8) is 0 Å². The molecule has 0 saturated heterocycles. The van der Waals surface area contributed by atoms with E-state index in [0.717, 1.165) is 11.2 Å². The van der Waals surface area contributed by atoms with Gasteiger partial charge >= 0.3 is 0 Å². The summed E-state index contributed by atoms with van der Waals surface area (Å²) in [6.07, 6.45) is 1.71. The first-order valence-electron chi connectivity index (χ1n) is 6.53. The van der Waals surface area contributed by atoms with Gasteiger partial charge in [0.15, 0.2) is 10.3 Å². The number of hydrogen-bond donors (Lipinski definition) is 1. The molecule has 0 aromatic carbocycles. The highest BCUT2D eigenvalue weighted by atomic mass is 79.9. The summed E-state index contributed by atoms with van der Waals surface area (Å²) in [6, 6.07) is 9.06. The number of aromatic nitrogens is 2. The highest BCUT2D eigenvalue weighted by molar-refractivity contribution is 9.10. The van der Waals surface area contributed by atoms with Gasteiger partial charge in [0.2, 0.25) is 0 Å². The Kier molecular flexibility index (Phi) is 3.55. The molecular weight excluding hydrogens is 334 g/mol. The van der Waals surface area contributed by atoms with E-state index < -0.39 is 0 Å². The fourth-order valence-electron chi connectivity index (χ4n) is 2.28. The fraction of sp³-hybridized carbons (Fsp3) is 0.200. The minimum absolute atomic E-state index is 0.154. The Morgan fingerprint density at radius 3 is 2.90 bits per heavy atom. The lowest BCUT2D eigenvalue weighted by atomic mass is 10.2. The average Bonchev–Trinajstić information content (AvgIpc) is 2.98. The van der Waals surface area contributed by atoms with Gasteiger partial charge in [-0.3, -0.25) is 9.78 Å². The highest BCUT2D eigenvalue weighted by Gasteiger charge is 2.18. The maximum Gasteiger partial charge on any atom is 0.268 e. The summed E-state index contributed by atoms with van der Waals surface area (Å²) in [5.41, 5.74) is 2.93. The van der Waals surface area contributed by atoms with Crippen molar-refractivity contribution in [2.45, 2.75) is 13.0 Å². The number of aryl methyl sites for hydroxylation is 1. The minimum Gasteiger partial charge on any atom is -0.448 e. The van der Waals surface area contributed by atoms with Crippen LogP contribution in [0.3, 0.4) is 0 Å². The maximum atomic E-state index is 12.4. The van der Waals surface area contributed by atoms with E-state index in [1.807, 2.05) is 42.8 Å². The van der Waals surface area contributed by atoms with E-state index in [1.165, 1.54) is 0 Å². The number of fused-ring (bicyclic) bond motifs is 1. The van der Waals surface area contributed by atoms with Crippen LogP contribution in [0.1, 0.15) is 29.1 Å². The summed E-state index contributed by atoms with van der Waals surface area (Å²) >= 11 is 3.28. The summed E-state index contributed by atoms with van der Waals surface area (Å²) in [5.74, 6) is -0.154. The molecule has 0 radical (unpaired) electrons. The first kappa shape index (κ1) is 13.9. The molecule has 1 unspecified atom stereocenters. The van der Waals surface area contributed by atoms with Crippen LogP contribution in [-0.4, -0.2) is 15.5 Å². The van der Waals surface area contributed by atoms with Crippen molar-refractivity contribution >= 4 is 32.9 Å². The fourth-order valence-corrected chi connectivity index (χ4v) is 2.67. The largest absolute Gasteiger partial charge is 0.448 e. The van der Waals surface area contributed by atoms with E-state index in [9.17, 15) is 4.79 Å². The molecule has 21 heavy (non-hydrogen) atoms. The highest BCUT2D eigenvalue weighted by Crippen LogP contribution is 2.26. The molecule has 3 heterocycles. The number of pyridine rings is 1. The SMILES string of the molecule is CC(NC(=O)c1cc2oc(Br)cc2n1C)c1ccccn1. The molecule has 1 amide bonds. The predicted molar refractivity (Wildman–Crippen MR) is 83.0 cm³/mol. The van der Waals surface area contributed by atoms with Gasteiger partial charge in [0.25, 0.3) is 5.91 Å². The second kappa shape index (κ2) is 5.37. The Morgan fingerprint density at radius 2 is 2.24 bits per heavy atom. The van der Waals surface area contributed by atoms with Crippen molar-refractivity contribution in [2.24, 2.45) is 7.05 Å². The molecule has 3 rings (SSSR count). The van der Waals surface area contributed by atoms with Crippen molar-refractivity contribution in [2.75, 3.05) is 0 Å². The van der Waals surface area contributed by atoms with Gasteiger partial charge < -0.3 is 14.3 Å². The van der Waals surface area contributed by atoms with Crippen LogP contribution in [0.4, 0.5) is 0 Å². The maximum absolute atomic E-state index is 12.4. The van der Waals surface area contributed by atoms with Gasteiger partial charge in [0, 0.05) is 25.4 Å². The Labute approximate surface area is 130 Å². The number of nitrogens with zero attached hydrogens (tertiary/aromatic N) is 2. The van der Waals surface area contributed by atoms with Crippen LogP contribution < -0.4 is 5.32 Å². The molecule has 0 aliphatic carbocycles. The first-order valence-corrected chi connectivity index (χ1v) is 7.32. The molecule has 3 aromatic rings. The Morgan fingerprint density at radius 1 is 1.43 bits per heavy atom. The summed E-state index contributed by atoms with van der Waals surface area (Å²) < 4.78 is 7.93. The van der Waals surface area contributed by atoms with Gasteiger partial charge in [-0.05, 0) is 35.0 Å². The van der Waals surface area contributed by atoms with E-state index in [2.05, 4.69) is 26.2 Å². The third-order valence-electron chi connectivity index (χ3n) is 3.41. The van der Waals surface area contributed by atoms with Crippen LogP contribution in [-0.2, 0) is 7.05 Å². The number of halogens is 1. The molecule has 0 fully saturated rings. The van der Waals surface area contributed by atoms with Crippen LogP contribution >= 0.6 is 15.9 Å². The van der Waals surface area contributed by atoms with E-state index >= 15 is 0 Å². The molecule has 5 nitrogen and oxygen atoms in total. The third-order valence-corrected chi connectivity index (χ3v) is 3.80. The number of hydrogen-bond acceptors (Lipinski definition) is 3. The standard InChI is InChI=1S/C15H14BrN3O2/c1-9(10-5-3-4-6-17-10)18-15(20)12-7-13-11(19(12)2)8-14(16)21-13/h3-9H,1-2H3,(H,18,20). The van der Waals surface area contributed by atoms with Gasteiger partial charge in [-0.25, -0.2) is 0 Å². The number of carbonyl (C=O) groups is 1. The average molecular weight is 348 g/mol. The molecule has 0 bridgehead atoms.